The van der Waals surface area contributed by atoms with Crippen molar-refractivity contribution >= 4 is 17.9 Å². The van der Waals surface area contributed by atoms with Gasteiger partial charge in [0.1, 0.15) is 11.4 Å². The van der Waals surface area contributed by atoms with Gasteiger partial charge in [0.05, 0.1) is 6.54 Å². The highest BCUT2D eigenvalue weighted by atomic mass is 16.6. The fourth-order valence-corrected chi connectivity index (χ4v) is 2.75. The number of carbonyl (C=O) groups excluding carboxylic acids is 1. The van der Waals surface area contributed by atoms with Gasteiger partial charge in [-0.25, -0.2) is 9.78 Å². The smallest absolute Gasteiger partial charge is 0.407 e. The van der Waals surface area contributed by atoms with Gasteiger partial charge in [-0.05, 0) is 39.8 Å². The Hall–Kier alpha value is -2.51. The van der Waals surface area contributed by atoms with Crippen LogP contribution in [0.1, 0.15) is 27.7 Å². The molecule has 1 aliphatic heterocycles. The Kier molecular flexibility index (Phi) is 7.69. The number of anilines is 1. The molecule has 2 N–H and O–H groups in total. The van der Waals surface area contributed by atoms with Gasteiger partial charge in [-0.15, -0.1) is 0 Å². The third-order valence-corrected chi connectivity index (χ3v) is 3.93. The van der Waals surface area contributed by atoms with E-state index < -0.39 is 11.7 Å². The van der Waals surface area contributed by atoms with Gasteiger partial charge in [-0.2, -0.15) is 0 Å². The van der Waals surface area contributed by atoms with Crippen molar-refractivity contribution in [3.8, 4) is 0 Å². The number of aromatic nitrogens is 1. The summed E-state index contributed by atoms with van der Waals surface area (Å²) in [7, 11) is 0. The summed E-state index contributed by atoms with van der Waals surface area (Å²) in [5.41, 5.74) is -0.491. The van der Waals surface area contributed by atoms with E-state index in [4.69, 9.17) is 4.74 Å². The van der Waals surface area contributed by atoms with E-state index in [0.717, 1.165) is 44.5 Å². The Balaban J connectivity index is 1.81. The number of nitrogens with one attached hydrogen (secondary N) is 2. The number of hydrogen-bond acceptors (Lipinski definition) is 5. The van der Waals surface area contributed by atoms with Crippen molar-refractivity contribution in [1.82, 2.24) is 20.5 Å². The average Bonchev–Trinajstić information content (AvgIpc) is 2.64. The lowest BCUT2D eigenvalue weighted by atomic mass is 10.2. The number of alkyl carbamates (subject to hydrolysis) is 1. The first kappa shape index (κ1) is 20.8. The molecule has 1 aromatic heterocycles. The SMILES string of the molecule is CCNC(=NCCNC(=O)OC(C)(C)C)N1CCN(c2ccccn2)CC1. The van der Waals surface area contributed by atoms with Crippen molar-refractivity contribution in [2.45, 2.75) is 33.3 Å². The lowest BCUT2D eigenvalue weighted by Gasteiger charge is -2.37. The van der Waals surface area contributed by atoms with Crippen LogP contribution >= 0.6 is 0 Å². The Labute approximate surface area is 162 Å². The minimum atomic E-state index is -0.491. The molecule has 8 nitrogen and oxygen atoms in total. The van der Waals surface area contributed by atoms with Crippen LogP contribution in [0, 0.1) is 0 Å². The van der Waals surface area contributed by atoms with Crippen LogP contribution in [-0.4, -0.2) is 73.4 Å². The number of carbonyl (C=O) groups is 1. The molecule has 1 amide bonds. The first-order valence-electron chi connectivity index (χ1n) is 9.55. The molecule has 150 valence electrons. The highest BCUT2D eigenvalue weighted by Gasteiger charge is 2.20. The number of pyridine rings is 1. The van der Waals surface area contributed by atoms with E-state index in [9.17, 15) is 4.79 Å². The van der Waals surface area contributed by atoms with Gasteiger partial charge in [0, 0.05) is 45.5 Å². The molecule has 0 unspecified atom stereocenters. The molecule has 0 saturated carbocycles. The van der Waals surface area contributed by atoms with Crippen molar-refractivity contribution in [2.24, 2.45) is 4.99 Å². The van der Waals surface area contributed by atoms with Gasteiger partial charge in [0.15, 0.2) is 5.96 Å². The summed E-state index contributed by atoms with van der Waals surface area (Å²) in [6, 6.07) is 5.98. The van der Waals surface area contributed by atoms with Crippen LogP contribution in [0.5, 0.6) is 0 Å². The van der Waals surface area contributed by atoms with Crippen LogP contribution in [0.4, 0.5) is 10.6 Å². The molecule has 2 rings (SSSR count). The van der Waals surface area contributed by atoms with Crippen molar-refractivity contribution in [2.75, 3.05) is 50.7 Å². The van der Waals surface area contributed by atoms with Crippen LogP contribution in [0.15, 0.2) is 29.4 Å². The van der Waals surface area contributed by atoms with Crippen molar-refractivity contribution in [1.29, 1.82) is 0 Å². The summed E-state index contributed by atoms with van der Waals surface area (Å²) in [5.74, 6) is 1.89. The summed E-state index contributed by atoms with van der Waals surface area (Å²) in [5, 5.41) is 6.07. The van der Waals surface area contributed by atoms with Crippen LogP contribution in [0.25, 0.3) is 0 Å². The average molecular weight is 377 g/mol. The molecule has 0 spiro atoms. The summed E-state index contributed by atoms with van der Waals surface area (Å²) in [6.45, 7) is 12.9. The van der Waals surface area contributed by atoms with E-state index in [-0.39, 0.29) is 0 Å². The third kappa shape index (κ3) is 7.32. The highest BCUT2D eigenvalue weighted by molar-refractivity contribution is 5.80. The maximum atomic E-state index is 11.7. The number of guanidine groups is 1. The van der Waals surface area contributed by atoms with E-state index in [1.54, 1.807) is 0 Å². The molecule has 1 saturated heterocycles. The van der Waals surface area contributed by atoms with Gasteiger partial charge < -0.3 is 25.2 Å². The van der Waals surface area contributed by atoms with E-state index in [1.807, 2.05) is 45.2 Å². The number of rotatable bonds is 5. The Morgan fingerprint density at radius 3 is 2.56 bits per heavy atom. The second-order valence-corrected chi connectivity index (χ2v) is 7.33. The molecule has 0 bridgehead atoms. The van der Waals surface area contributed by atoms with Crippen molar-refractivity contribution in [3.05, 3.63) is 24.4 Å². The Bertz CT molecular complexity index is 606. The van der Waals surface area contributed by atoms with Crippen LogP contribution < -0.4 is 15.5 Å². The van der Waals surface area contributed by atoms with Gasteiger partial charge in [-0.1, -0.05) is 6.07 Å². The van der Waals surface area contributed by atoms with Crippen LogP contribution in [0.3, 0.4) is 0 Å². The monoisotopic (exact) mass is 376 g/mol. The zero-order chi connectivity index (χ0) is 19.7. The highest BCUT2D eigenvalue weighted by Crippen LogP contribution is 2.12. The standard InChI is InChI=1S/C19H32N6O2/c1-5-20-17(22-10-11-23-18(26)27-19(2,3)4)25-14-12-24(13-15-25)16-8-6-7-9-21-16/h6-9H,5,10-15H2,1-4H3,(H,20,22)(H,23,26). The molecule has 2 heterocycles. The summed E-state index contributed by atoms with van der Waals surface area (Å²) < 4.78 is 5.23. The van der Waals surface area contributed by atoms with Gasteiger partial charge in [-0.3, -0.25) is 4.99 Å². The molecule has 1 fully saturated rings. The van der Waals surface area contributed by atoms with E-state index in [0.29, 0.717) is 13.1 Å². The van der Waals surface area contributed by atoms with Gasteiger partial charge >= 0.3 is 6.09 Å². The number of piperazine rings is 1. The number of amides is 1. The quantitative estimate of drug-likeness (QED) is 0.462. The number of aliphatic imine (C=N–C) groups is 1. The zero-order valence-electron chi connectivity index (χ0n) is 16.9. The molecule has 0 aliphatic carbocycles. The zero-order valence-corrected chi connectivity index (χ0v) is 16.9. The van der Waals surface area contributed by atoms with Crippen LogP contribution in [0.2, 0.25) is 0 Å². The molecular weight excluding hydrogens is 344 g/mol. The van der Waals surface area contributed by atoms with Crippen LogP contribution in [-0.2, 0) is 4.74 Å². The lowest BCUT2D eigenvalue weighted by molar-refractivity contribution is 0.0529. The summed E-state index contributed by atoms with van der Waals surface area (Å²) >= 11 is 0. The summed E-state index contributed by atoms with van der Waals surface area (Å²) in [4.78, 5) is 25.3. The normalized spacial score (nSPS) is 15.5. The van der Waals surface area contributed by atoms with E-state index >= 15 is 0 Å². The molecule has 0 atom stereocenters. The molecule has 1 aliphatic rings. The number of nitrogens with zero attached hydrogens (tertiary/aromatic N) is 4. The molecule has 0 radical (unpaired) electrons. The first-order chi connectivity index (χ1) is 12.9. The maximum absolute atomic E-state index is 11.7. The topological polar surface area (TPSA) is 82.1 Å². The third-order valence-electron chi connectivity index (χ3n) is 3.93. The van der Waals surface area contributed by atoms with Crippen molar-refractivity contribution in [3.63, 3.8) is 0 Å². The Morgan fingerprint density at radius 1 is 1.22 bits per heavy atom. The predicted molar refractivity (Wildman–Crippen MR) is 108 cm³/mol. The van der Waals surface area contributed by atoms with Gasteiger partial charge in [0.2, 0.25) is 0 Å². The maximum Gasteiger partial charge on any atom is 0.407 e. The Morgan fingerprint density at radius 2 is 1.96 bits per heavy atom. The largest absolute Gasteiger partial charge is 0.444 e. The fourth-order valence-electron chi connectivity index (χ4n) is 2.75. The summed E-state index contributed by atoms with van der Waals surface area (Å²) in [6.07, 6.45) is 1.41. The number of hydrogen-bond donors (Lipinski definition) is 2. The molecule has 27 heavy (non-hydrogen) atoms. The second kappa shape index (κ2) is 9.99. The number of ether oxygens (including phenoxy) is 1. The van der Waals surface area contributed by atoms with E-state index in [1.165, 1.54) is 0 Å². The molecule has 8 heteroatoms. The molecule has 1 aromatic rings. The van der Waals surface area contributed by atoms with Gasteiger partial charge in [0.25, 0.3) is 0 Å². The van der Waals surface area contributed by atoms with Crippen molar-refractivity contribution < 1.29 is 9.53 Å². The second-order valence-electron chi connectivity index (χ2n) is 7.33. The minimum Gasteiger partial charge on any atom is -0.444 e. The fraction of sp³-hybridized carbons (Fsp3) is 0.632. The minimum absolute atomic E-state index is 0.410. The molecular formula is C19H32N6O2. The molecule has 0 aromatic carbocycles. The lowest BCUT2D eigenvalue weighted by Crippen LogP contribution is -2.52. The van der Waals surface area contributed by atoms with E-state index in [2.05, 4.69) is 37.3 Å². The first-order valence-corrected chi connectivity index (χ1v) is 9.55. The predicted octanol–water partition coefficient (Wildman–Crippen LogP) is 1.69.